The summed E-state index contributed by atoms with van der Waals surface area (Å²) in [7, 11) is 1.64. The summed E-state index contributed by atoms with van der Waals surface area (Å²) in [6, 6.07) is 13.8. The van der Waals surface area contributed by atoms with Gasteiger partial charge in [0.1, 0.15) is 5.75 Å². The Balaban J connectivity index is 2.01. The number of allylic oxidation sites excluding steroid dienone is 1. The zero-order valence-corrected chi connectivity index (χ0v) is 16.3. The standard InChI is InChI=1S/C20H19NO2S2/c1-12-5-6-13(2)17(11-12)21-19(22)18(25-20(21)24)14(3)15-7-9-16(23-4)10-8-15/h5-11H,1-4H3/b18-14-. The monoisotopic (exact) mass is 369 g/mol. The van der Waals surface area contributed by atoms with Gasteiger partial charge in [0, 0.05) is 0 Å². The molecule has 0 saturated carbocycles. The van der Waals surface area contributed by atoms with Crippen LogP contribution in [-0.4, -0.2) is 17.3 Å². The second kappa shape index (κ2) is 7.02. The van der Waals surface area contributed by atoms with Crippen LogP contribution in [0.1, 0.15) is 23.6 Å². The molecule has 0 N–H and O–H groups in total. The first-order valence-corrected chi connectivity index (χ1v) is 9.13. The van der Waals surface area contributed by atoms with Crippen molar-refractivity contribution >= 4 is 45.5 Å². The zero-order valence-electron chi connectivity index (χ0n) is 14.6. The van der Waals surface area contributed by atoms with Crippen LogP contribution in [0.2, 0.25) is 0 Å². The van der Waals surface area contributed by atoms with Crippen LogP contribution in [0, 0.1) is 13.8 Å². The molecule has 0 unspecified atom stereocenters. The number of thiocarbonyl (C=S) groups is 1. The van der Waals surface area contributed by atoms with Crippen molar-refractivity contribution in [3.63, 3.8) is 0 Å². The minimum absolute atomic E-state index is 0.0583. The van der Waals surface area contributed by atoms with Gasteiger partial charge in [-0.3, -0.25) is 9.69 Å². The Morgan fingerprint density at radius 2 is 1.80 bits per heavy atom. The predicted molar refractivity (Wildman–Crippen MR) is 109 cm³/mol. The van der Waals surface area contributed by atoms with E-state index in [9.17, 15) is 4.79 Å². The number of thioether (sulfide) groups is 1. The summed E-state index contributed by atoms with van der Waals surface area (Å²) in [5, 5.41) is 0. The van der Waals surface area contributed by atoms with Gasteiger partial charge < -0.3 is 4.74 Å². The van der Waals surface area contributed by atoms with E-state index in [0.29, 0.717) is 9.23 Å². The van der Waals surface area contributed by atoms with Crippen LogP contribution in [0.15, 0.2) is 47.4 Å². The lowest BCUT2D eigenvalue weighted by Crippen LogP contribution is -2.28. The molecule has 0 atom stereocenters. The van der Waals surface area contributed by atoms with Crippen molar-refractivity contribution < 1.29 is 9.53 Å². The second-order valence-corrected chi connectivity index (χ2v) is 7.63. The summed E-state index contributed by atoms with van der Waals surface area (Å²) in [4.78, 5) is 15.4. The summed E-state index contributed by atoms with van der Waals surface area (Å²) in [5.41, 5.74) is 4.91. The Bertz CT molecular complexity index is 885. The summed E-state index contributed by atoms with van der Waals surface area (Å²) in [6.07, 6.45) is 0. The Morgan fingerprint density at radius 1 is 1.12 bits per heavy atom. The molecule has 2 aromatic carbocycles. The second-order valence-electron chi connectivity index (χ2n) is 5.98. The summed E-state index contributed by atoms with van der Waals surface area (Å²) in [5.74, 6) is 0.733. The number of hydrogen-bond donors (Lipinski definition) is 0. The third kappa shape index (κ3) is 3.34. The van der Waals surface area contributed by atoms with Crippen molar-refractivity contribution in [2.24, 2.45) is 0 Å². The highest BCUT2D eigenvalue weighted by Gasteiger charge is 2.35. The van der Waals surface area contributed by atoms with Crippen LogP contribution in [0.4, 0.5) is 5.69 Å². The quantitative estimate of drug-likeness (QED) is 0.555. The third-order valence-corrected chi connectivity index (χ3v) is 5.71. The fraction of sp³-hybridized carbons (Fsp3) is 0.200. The number of benzene rings is 2. The average molecular weight is 370 g/mol. The lowest BCUT2D eigenvalue weighted by molar-refractivity contribution is -0.113. The Labute approximate surface area is 157 Å². The van der Waals surface area contributed by atoms with Crippen LogP contribution in [0.3, 0.4) is 0 Å². The number of nitrogens with zero attached hydrogens (tertiary/aromatic N) is 1. The molecule has 25 heavy (non-hydrogen) atoms. The van der Waals surface area contributed by atoms with E-state index >= 15 is 0 Å². The minimum atomic E-state index is -0.0583. The van der Waals surface area contributed by atoms with E-state index in [-0.39, 0.29) is 5.91 Å². The molecule has 0 aliphatic carbocycles. The lowest BCUT2D eigenvalue weighted by Gasteiger charge is -2.18. The number of anilines is 1. The number of ether oxygens (including phenoxy) is 1. The van der Waals surface area contributed by atoms with E-state index in [1.54, 1.807) is 12.0 Å². The molecule has 1 aliphatic rings. The molecular weight excluding hydrogens is 350 g/mol. The molecule has 0 spiro atoms. The van der Waals surface area contributed by atoms with E-state index in [1.165, 1.54) is 11.8 Å². The van der Waals surface area contributed by atoms with Gasteiger partial charge in [-0.1, -0.05) is 48.2 Å². The molecule has 1 aliphatic heterocycles. The zero-order chi connectivity index (χ0) is 18.1. The van der Waals surface area contributed by atoms with E-state index < -0.39 is 0 Å². The number of hydrogen-bond acceptors (Lipinski definition) is 4. The normalized spacial score (nSPS) is 16.4. The molecule has 128 valence electrons. The molecule has 3 nitrogen and oxygen atoms in total. The number of aryl methyl sites for hydroxylation is 2. The highest BCUT2D eigenvalue weighted by molar-refractivity contribution is 8.27. The van der Waals surface area contributed by atoms with Gasteiger partial charge in [-0.2, -0.15) is 0 Å². The summed E-state index contributed by atoms with van der Waals surface area (Å²) < 4.78 is 5.77. The number of rotatable bonds is 3. The first kappa shape index (κ1) is 17.7. The number of carbonyl (C=O) groups excluding carboxylic acids is 1. The van der Waals surface area contributed by atoms with Crippen LogP contribution >= 0.6 is 24.0 Å². The first-order valence-electron chi connectivity index (χ1n) is 7.91. The molecule has 5 heteroatoms. The van der Waals surface area contributed by atoms with Crippen molar-refractivity contribution in [1.82, 2.24) is 0 Å². The fourth-order valence-electron chi connectivity index (χ4n) is 2.74. The Hall–Kier alpha value is -2.11. The number of methoxy groups -OCH3 is 1. The smallest absolute Gasteiger partial charge is 0.271 e. The minimum Gasteiger partial charge on any atom is -0.497 e. The molecule has 1 amide bonds. The van der Waals surface area contributed by atoms with Crippen LogP contribution in [0.25, 0.3) is 5.57 Å². The Kier molecular flexibility index (Phi) is 4.97. The third-order valence-electron chi connectivity index (χ3n) is 4.24. The van der Waals surface area contributed by atoms with E-state index in [1.807, 2.05) is 63.2 Å². The van der Waals surface area contributed by atoms with Gasteiger partial charge in [0.25, 0.3) is 5.91 Å². The van der Waals surface area contributed by atoms with Gasteiger partial charge in [0.15, 0.2) is 4.32 Å². The Morgan fingerprint density at radius 3 is 2.44 bits per heavy atom. The molecular formula is C20H19NO2S2. The maximum atomic E-state index is 13.1. The summed E-state index contributed by atoms with van der Waals surface area (Å²) in [6.45, 7) is 5.96. The topological polar surface area (TPSA) is 29.5 Å². The summed E-state index contributed by atoms with van der Waals surface area (Å²) >= 11 is 6.86. The molecule has 3 rings (SSSR count). The lowest BCUT2D eigenvalue weighted by atomic mass is 10.1. The van der Waals surface area contributed by atoms with Gasteiger partial charge in [-0.25, -0.2) is 0 Å². The van der Waals surface area contributed by atoms with Crippen molar-refractivity contribution in [2.45, 2.75) is 20.8 Å². The largest absolute Gasteiger partial charge is 0.497 e. The number of carbonyl (C=O) groups is 1. The van der Waals surface area contributed by atoms with Gasteiger partial charge in [0.05, 0.1) is 17.7 Å². The van der Waals surface area contributed by atoms with Crippen molar-refractivity contribution in [1.29, 1.82) is 0 Å². The maximum Gasteiger partial charge on any atom is 0.271 e. The highest BCUT2D eigenvalue weighted by atomic mass is 32.2. The van der Waals surface area contributed by atoms with Gasteiger partial charge in [0.2, 0.25) is 0 Å². The predicted octanol–water partition coefficient (Wildman–Crippen LogP) is 5.11. The van der Waals surface area contributed by atoms with Gasteiger partial charge in [-0.15, -0.1) is 0 Å². The van der Waals surface area contributed by atoms with E-state index in [4.69, 9.17) is 17.0 Å². The number of amides is 1. The van der Waals surface area contributed by atoms with Crippen molar-refractivity contribution in [2.75, 3.05) is 12.0 Å². The molecule has 1 saturated heterocycles. The van der Waals surface area contributed by atoms with Crippen molar-refractivity contribution in [3.05, 3.63) is 64.1 Å². The molecule has 0 radical (unpaired) electrons. The maximum absolute atomic E-state index is 13.1. The molecule has 0 bridgehead atoms. The van der Waals surface area contributed by atoms with Gasteiger partial charge >= 0.3 is 0 Å². The van der Waals surface area contributed by atoms with Crippen LogP contribution in [-0.2, 0) is 4.79 Å². The van der Waals surface area contributed by atoms with Crippen LogP contribution < -0.4 is 9.64 Å². The fourth-order valence-corrected chi connectivity index (χ4v) is 4.07. The van der Waals surface area contributed by atoms with Gasteiger partial charge in [-0.05, 0) is 61.2 Å². The molecule has 1 fully saturated rings. The SMILES string of the molecule is COc1ccc(/C(C)=C2\SC(=S)N(c3cc(C)ccc3C)C2=O)cc1. The average Bonchev–Trinajstić information content (AvgIpc) is 2.91. The van der Waals surface area contributed by atoms with Crippen LogP contribution in [0.5, 0.6) is 5.75 Å². The molecule has 0 aromatic heterocycles. The van der Waals surface area contributed by atoms with E-state index in [2.05, 4.69) is 0 Å². The molecule has 1 heterocycles. The highest BCUT2D eigenvalue weighted by Crippen LogP contribution is 2.40. The van der Waals surface area contributed by atoms with E-state index in [0.717, 1.165) is 33.7 Å². The van der Waals surface area contributed by atoms with Crippen molar-refractivity contribution in [3.8, 4) is 5.75 Å². The molecule has 2 aromatic rings. The first-order chi connectivity index (χ1) is 11.9.